The molecule has 0 aliphatic carbocycles. The Balaban J connectivity index is 2.48. The maximum absolute atomic E-state index is 9.82. The minimum atomic E-state index is -0.359. The summed E-state index contributed by atoms with van der Waals surface area (Å²) in [4.78, 5) is 0. The summed E-state index contributed by atoms with van der Waals surface area (Å²) in [5.74, 6) is 0.803. The normalized spacial score (nSPS) is 12.5. The first-order valence-corrected chi connectivity index (χ1v) is 6.55. The highest BCUT2D eigenvalue weighted by Gasteiger charge is 2.07. The second-order valence-corrected chi connectivity index (χ2v) is 4.67. The van der Waals surface area contributed by atoms with E-state index >= 15 is 0 Å². The van der Waals surface area contributed by atoms with Gasteiger partial charge in [0.2, 0.25) is 0 Å². The number of methoxy groups -OCH3 is 1. The van der Waals surface area contributed by atoms with Crippen molar-refractivity contribution < 1.29 is 14.6 Å². The van der Waals surface area contributed by atoms with Crippen molar-refractivity contribution in [2.24, 2.45) is 0 Å². The molecule has 0 heterocycles. The lowest BCUT2D eigenvalue weighted by atomic mass is 10.1. The molecule has 1 N–H and O–H groups in total. The second kappa shape index (κ2) is 7.69. The Labute approximate surface area is 111 Å². The molecule has 17 heavy (non-hydrogen) atoms. The lowest BCUT2D eigenvalue weighted by Crippen LogP contribution is -2.13. The van der Waals surface area contributed by atoms with E-state index in [1.54, 1.807) is 7.11 Å². The molecule has 1 unspecified atom stereocenters. The lowest BCUT2D eigenvalue weighted by Gasteiger charge is -2.11. The number of hydrogen-bond acceptors (Lipinski definition) is 3. The Hall–Kier alpha value is -0.580. The van der Waals surface area contributed by atoms with Crippen LogP contribution in [0, 0.1) is 0 Å². The van der Waals surface area contributed by atoms with Crippen LogP contribution >= 0.6 is 15.9 Å². The minimum absolute atomic E-state index is 0.359. The summed E-state index contributed by atoms with van der Waals surface area (Å²) in [6, 6.07) is 5.84. The van der Waals surface area contributed by atoms with Gasteiger partial charge in [0.1, 0.15) is 5.75 Å². The van der Waals surface area contributed by atoms with E-state index in [0.717, 1.165) is 15.8 Å². The molecule has 0 bridgehead atoms. The van der Waals surface area contributed by atoms with Crippen LogP contribution in [0.25, 0.3) is 0 Å². The highest BCUT2D eigenvalue weighted by Crippen LogP contribution is 2.26. The molecular weight excluding hydrogens is 284 g/mol. The molecule has 0 saturated heterocycles. The molecule has 96 valence electrons. The standard InChI is InChI=1S/C13H19BrO3/c1-3-17-7-6-11(15)8-10-4-5-13(16-2)12(14)9-10/h4-5,9,11,15H,3,6-8H2,1-2H3. The first kappa shape index (κ1) is 14.5. The average molecular weight is 303 g/mol. The van der Waals surface area contributed by atoms with E-state index in [2.05, 4.69) is 15.9 Å². The highest BCUT2D eigenvalue weighted by atomic mass is 79.9. The fourth-order valence-electron chi connectivity index (χ4n) is 1.57. The summed E-state index contributed by atoms with van der Waals surface area (Å²) < 4.78 is 11.3. The average Bonchev–Trinajstić information content (AvgIpc) is 2.29. The van der Waals surface area contributed by atoms with Gasteiger partial charge in [-0.1, -0.05) is 6.07 Å². The van der Waals surface area contributed by atoms with Crippen LogP contribution in [-0.4, -0.2) is 31.5 Å². The van der Waals surface area contributed by atoms with Crippen LogP contribution in [0.1, 0.15) is 18.9 Å². The summed E-state index contributed by atoms with van der Waals surface area (Å²) in [7, 11) is 1.64. The molecule has 0 saturated carbocycles. The number of ether oxygens (including phenoxy) is 2. The van der Waals surface area contributed by atoms with Crippen molar-refractivity contribution in [2.75, 3.05) is 20.3 Å². The number of halogens is 1. The van der Waals surface area contributed by atoms with Gasteiger partial charge in [-0.2, -0.15) is 0 Å². The topological polar surface area (TPSA) is 38.7 Å². The van der Waals surface area contributed by atoms with E-state index in [1.165, 1.54) is 0 Å². The molecule has 1 atom stereocenters. The molecule has 0 amide bonds. The van der Waals surface area contributed by atoms with E-state index in [-0.39, 0.29) is 6.10 Å². The number of benzene rings is 1. The fraction of sp³-hybridized carbons (Fsp3) is 0.538. The monoisotopic (exact) mass is 302 g/mol. The maximum Gasteiger partial charge on any atom is 0.133 e. The van der Waals surface area contributed by atoms with Crippen LogP contribution in [0.4, 0.5) is 0 Å². The van der Waals surface area contributed by atoms with Crippen LogP contribution < -0.4 is 4.74 Å². The van der Waals surface area contributed by atoms with Gasteiger partial charge < -0.3 is 14.6 Å². The van der Waals surface area contributed by atoms with Crippen molar-refractivity contribution in [1.82, 2.24) is 0 Å². The van der Waals surface area contributed by atoms with Crippen LogP contribution in [0.15, 0.2) is 22.7 Å². The lowest BCUT2D eigenvalue weighted by molar-refractivity contribution is 0.0887. The first-order valence-electron chi connectivity index (χ1n) is 5.75. The summed E-state index contributed by atoms with van der Waals surface area (Å²) in [5.41, 5.74) is 1.08. The van der Waals surface area contributed by atoms with Gasteiger partial charge in [-0.25, -0.2) is 0 Å². The van der Waals surface area contributed by atoms with Crippen molar-refractivity contribution >= 4 is 15.9 Å². The summed E-state index contributed by atoms with van der Waals surface area (Å²) >= 11 is 3.43. The first-order chi connectivity index (χ1) is 8.17. The van der Waals surface area contributed by atoms with Crippen molar-refractivity contribution in [3.63, 3.8) is 0 Å². The number of hydrogen-bond donors (Lipinski definition) is 1. The van der Waals surface area contributed by atoms with Crippen molar-refractivity contribution in [1.29, 1.82) is 0 Å². The molecule has 3 nitrogen and oxygen atoms in total. The molecule has 1 rings (SSSR count). The summed E-state index contributed by atoms with van der Waals surface area (Å²) in [6.45, 7) is 3.25. The zero-order valence-corrected chi connectivity index (χ0v) is 11.9. The number of aliphatic hydroxyl groups is 1. The van der Waals surface area contributed by atoms with Crippen LogP contribution in [0.2, 0.25) is 0 Å². The van der Waals surface area contributed by atoms with Gasteiger partial charge in [0.25, 0.3) is 0 Å². The van der Waals surface area contributed by atoms with Crippen molar-refractivity contribution in [3.05, 3.63) is 28.2 Å². The molecule has 0 fully saturated rings. The molecule has 0 aliphatic rings. The minimum Gasteiger partial charge on any atom is -0.496 e. The van der Waals surface area contributed by atoms with E-state index in [4.69, 9.17) is 9.47 Å². The molecule has 0 aromatic heterocycles. The predicted octanol–water partition coefficient (Wildman–Crippen LogP) is 2.79. The molecule has 0 spiro atoms. The third-order valence-electron chi connectivity index (χ3n) is 2.49. The summed E-state index contributed by atoms with van der Waals surface area (Å²) in [5, 5.41) is 9.82. The Morgan fingerprint density at radius 2 is 2.18 bits per heavy atom. The van der Waals surface area contributed by atoms with E-state index < -0.39 is 0 Å². The van der Waals surface area contributed by atoms with Gasteiger partial charge in [-0.15, -0.1) is 0 Å². The predicted molar refractivity (Wildman–Crippen MR) is 71.5 cm³/mol. The van der Waals surface area contributed by atoms with Crippen molar-refractivity contribution in [2.45, 2.75) is 25.9 Å². The third-order valence-corrected chi connectivity index (χ3v) is 3.11. The SMILES string of the molecule is CCOCCC(O)Cc1ccc(OC)c(Br)c1. The third kappa shape index (κ3) is 5.06. The van der Waals surface area contributed by atoms with E-state index in [9.17, 15) is 5.11 Å². The Morgan fingerprint density at radius 1 is 1.41 bits per heavy atom. The van der Waals surface area contributed by atoms with Crippen LogP contribution in [0.5, 0.6) is 5.75 Å². The van der Waals surface area contributed by atoms with Gasteiger partial charge in [0.05, 0.1) is 17.7 Å². The maximum atomic E-state index is 9.82. The second-order valence-electron chi connectivity index (χ2n) is 3.81. The smallest absolute Gasteiger partial charge is 0.133 e. The summed E-state index contributed by atoms with van der Waals surface area (Å²) in [6.07, 6.45) is 0.939. The van der Waals surface area contributed by atoms with Gasteiger partial charge >= 0.3 is 0 Å². The largest absolute Gasteiger partial charge is 0.496 e. The van der Waals surface area contributed by atoms with Crippen LogP contribution in [0.3, 0.4) is 0 Å². The van der Waals surface area contributed by atoms with Gasteiger partial charge in [0.15, 0.2) is 0 Å². The van der Waals surface area contributed by atoms with Crippen LogP contribution in [-0.2, 0) is 11.2 Å². The van der Waals surface area contributed by atoms with Gasteiger partial charge in [-0.3, -0.25) is 0 Å². The van der Waals surface area contributed by atoms with E-state index in [1.807, 2.05) is 25.1 Å². The number of aliphatic hydroxyl groups excluding tert-OH is 1. The fourth-order valence-corrected chi connectivity index (χ4v) is 2.16. The quantitative estimate of drug-likeness (QED) is 0.787. The van der Waals surface area contributed by atoms with Gasteiger partial charge in [-0.05, 0) is 53.4 Å². The zero-order chi connectivity index (χ0) is 12.7. The Morgan fingerprint density at radius 3 is 2.76 bits per heavy atom. The Kier molecular flexibility index (Phi) is 6.55. The van der Waals surface area contributed by atoms with E-state index in [0.29, 0.717) is 26.1 Å². The zero-order valence-electron chi connectivity index (χ0n) is 10.3. The molecule has 0 radical (unpaired) electrons. The Bertz CT molecular complexity index is 341. The molecule has 4 heteroatoms. The highest BCUT2D eigenvalue weighted by molar-refractivity contribution is 9.10. The van der Waals surface area contributed by atoms with Gasteiger partial charge in [0, 0.05) is 13.2 Å². The molecule has 0 aliphatic heterocycles. The molecule has 1 aromatic carbocycles. The molecule has 1 aromatic rings. The number of rotatable bonds is 7. The van der Waals surface area contributed by atoms with Crippen molar-refractivity contribution in [3.8, 4) is 5.75 Å². The molecular formula is C13H19BrO3.